The largest absolute Gasteiger partial charge is 0.384 e. The Morgan fingerprint density at radius 2 is 1.71 bits per heavy atom. The lowest BCUT2D eigenvalue weighted by Crippen LogP contribution is -2.30. The fourth-order valence-corrected chi connectivity index (χ4v) is 5.93. The molecule has 4 nitrogen and oxygen atoms in total. The predicted molar refractivity (Wildman–Crippen MR) is 127 cm³/mol. The van der Waals surface area contributed by atoms with Crippen LogP contribution < -0.4 is 16.0 Å². The second-order valence-electron chi connectivity index (χ2n) is 9.17. The van der Waals surface area contributed by atoms with E-state index < -0.39 is 0 Å². The number of hydrogen-bond donors (Lipinski definition) is 3. The third-order valence-corrected chi connectivity index (χ3v) is 7.43. The van der Waals surface area contributed by atoms with Crippen LogP contribution in [0.25, 0.3) is 0 Å². The Kier molecular flexibility index (Phi) is 4.27. The first kappa shape index (κ1) is 18.5. The first-order chi connectivity index (χ1) is 15.2. The number of fused-ring (bicyclic) bond motifs is 5. The van der Waals surface area contributed by atoms with Crippen molar-refractivity contribution in [3.05, 3.63) is 94.5 Å². The number of anilines is 2. The summed E-state index contributed by atoms with van der Waals surface area (Å²) in [6.07, 6.45) is 3.66. The SMILES string of the molecule is N=C(N)c1ccc2c(c1)C1c3ccccc3CC1C(c1ccc(N3CCCC3)cc1)N2. The minimum absolute atomic E-state index is 0.130. The number of nitrogen functional groups attached to an aromatic ring is 1. The van der Waals surface area contributed by atoms with E-state index in [-0.39, 0.29) is 11.9 Å². The molecule has 0 bridgehead atoms. The number of nitrogens with one attached hydrogen (secondary N) is 2. The molecule has 1 aliphatic carbocycles. The molecule has 0 amide bonds. The van der Waals surface area contributed by atoms with Crippen molar-refractivity contribution in [2.45, 2.75) is 31.2 Å². The molecule has 3 aromatic carbocycles. The van der Waals surface area contributed by atoms with Crippen LogP contribution in [0.5, 0.6) is 0 Å². The molecule has 3 unspecified atom stereocenters. The average Bonchev–Trinajstić information content (AvgIpc) is 3.47. The van der Waals surface area contributed by atoms with Gasteiger partial charge in [-0.1, -0.05) is 36.4 Å². The second kappa shape index (κ2) is 7.16. The van der Waals surface area contributed by atoms with Crippen molar-refractivity contribution in [1.29, 1.82) is 5.41 Å². The molecule has 0 saturated carbocycles. The van der Waals surface area contributed by atoms with Gasteiger partial charge in [0.15, 0.2) is 0 Å². The van der Waals surface area contributed by atoms with Crippen molar-refractivity contribution in [2.75, 3.05) is 23.3 Å². The maximum absolute atomic E-state index is 7.90. The molecule has 0 spiro atoms. The Morgan fingerprint density at radius 1 is 0.935 bits per heavy atom. The molecular weight excluding hydrogens is 380 g/mol. The lowest BCUT2D eigenvalue weighted by molar-refractivity contribution is 0.421. The molecule has 31 heavy (non-hydrogen) atoms. The number of benzene rings is 3. The highest BCUT2D eigenvalue weighted by Crippen LogP contribution is 2.54. The number of nitrogens with two attached hydrogens (primary N) is 1. The van der Waals surface area contributed by atoms with Gasteiger partial charge < -0.3 is 16.0 Å². The lowest BCUT2D eigenvalue weighted by Gasteiger charge is -2.38. The summed E-state index contributed by atoms with van der Waals surface area (Å²) in [5.74, 6) is 0.907. The van der Waals surface area contributed by atoms with Crippen LogP contribution in [0.2, 0.25) is 0 Å². The average molecular weight is 409 g/mol. The van der Waals surface area contributed by atoms with Crippen LogP contribution in [0.1, 0.15) is 52.6 Å². The standard InChI is InChI=1S/C27H28N4/c28-27(29)19-9-12-24-22(16-19)25-21-6-2-1-5-18(21)15-23(25)26(30-24)17-7-10-20(11-8-17)31-13-3-4-14-31/h1-2,5-12,16,23,25-26,30H,3-4,13-15H2,(H3,28,29). The minimum Gasteiger partial charge on any atom is -0.384 e. The lowest BCUT2D eigenvalue weighted by atomic mass is 9.75. The Balaban J connectivity index is 1.42. The zero-order valence-corrected chi connectivity index (χ0v) is 17.6. The van der Waals surface area contributed by atoms with Crippen LogP contribution >= 0.6 is 0 Å². The molecule has 3 aromatic rings. The fourth-order valence-electron chi connectivity index (χ4n) is 5.93. The molecule has 0 radical (unpaired) electrons. The molecule has 2 aliphatic heterocycles. The molecule has 3 aliphatic rings. The molecule has 3 atom stereocenters. The fraction of sp³-hybridized carbons (Fsp3) is 0.296. The third kappa shape index (κ3) is 3.01. The van der Waals surface area contributed by atoms with Gasteiger partial charge in [-0.2, -0.15) is 0 Å². The van der Waals surface area contributed by atoms with Gasteiger partial charge in [0.05, 0.1) is 6.04 Å². The summed E-state index contributed by atoms with van der Waals surface area (Å²) in [6.45, 7) is 2.35. The van der Waals surface area contributed by atoms with E-state index in [9.17, 15) is 0 Å². The number of amidine groups is 1. The molecule has 1 saturated heterocycles. The van der Waals surface area contributed by atoms with Crippen LogP contribution in [-0.2, 0) is 6.42 Å². The molecule has 4 N–H and O–H groups in total. The summed E-state index contributed by atoms with van der Waals surface area (Å²) in [5, 5.41) is 11.8. The van der Waals surface area contributed by atoms with E-state index in [0.717, 1.165) is 17.7 Å². The van der Waals surface area contributed by atoms with Gasteiger partial charge in [-0.3, -0.25) is 5.41 Å². The molecule has 156 valence electrons. The number of nitrogens with zero attached hydrogens (tertiary/aromatic N) is 1. The van der Waals surface area contributed by atoms with E-state index in [1.807, 2.05) is 6.07 Å². The Hall–Kier alpha value is -3.27. The second-order valence-corrected chi connectivity index (χ2v) is 9.17. The normalized spacial score (nSPS) is 23.6. The molecule has 2 heterocycles. The van der Waals surface area contributed by atoms with Crippen molar-refractivity contribution in [1.82, 2.24) is 0 Å². The number of hydrogen-bond acceptors (Lipinski definition) is 3. The monoisotopic (exact) mass is 408 g/mol. The van der Waals surface area contributed by atoms with Crippen molar-refractivity contribution >= 4 is 17.2 Å². The van der Waals surface area contributed by atoms with Gasteiger partial charge in [-0.05, 0) is 77.8 Å². The van der Waals surface area contributed by atoms with Gasteiger partial charge >= 0.3 is 0 Å². The van der Waals surface area contributed by atoms with Crippen LogP contribution in [-0.4, -0.2) is 18.9 Å². The zero-order valence-electron chi connectivity index (χ0n) is 17.6. The highest BCUT2D eigenvalue weighted by Gasteiger charge is 2.43. The molecular formula is C27H28N4. The van der Waals surface area contributed by atoms with Crippen LogP contribution in [0.15, 0.2) is 66.7 Å². The summed E-state index contributed by atoms with van der Waals surface area (Å²) in [7, 11) is 0. The van der Waals surface area contributed by atoms with E-state index >= 15 is 0 Å². The summed E-state index contributed by atoms with van der Waals surface area (Å²) in [6, 6.07) is 24.5. The Bertz CT molecular complexity index is 1140. The molecule has 0 aromatic heterocycles. The molecule has 1 fully saturated rings. The van der Waals surface area contributed by atoms with E-state index in [2.05, 4.69) is 70.9 Å². The first-order valence-corrected chi connectivity index (χ1v) is 11.4. The minimum atomic E-state index is 0.130. The Morgan fingerprint density at radius 3 is 2.48 bits per heavy atom. The van der Waals surface area contributed by atoms with Crippen LogP contribution in [0.4, 0.5) is 11.4 Å². The predicted octanol–water partition coefficient (Wildman–Crippen LogP) is 5.04. The first-order valence-electron chi connectivity index (χ1n) is 11.4. The van der Waals surface area contributed by atoms with Gasteiger partial charge in [0.2, 0.25) is 0 Å². The van der Waals surface area contributed by atoms with Gasteiger partial charge in [0, 0.05) is 35.9 Å². The van der Waals surface area contributed by atoms with Gasteiger partial charge in [-0.25, -0.2) is 0 Å². The summed E-state index contributed by atoms with van der Waals surface area (Å²) in [4.78, 5) is 2.49. The zero-order chi connectivity index (χ0) is 20.9. The molecule has 6 rings (SSSR count). The van der Waals surface area contributed by atoms with Gasteiger partial charge in [0.25, 0.3) is 0 Å². The smallest absolute Gasteiger partial charge is 0.122 e. The maximum atomic E-state index is 7.90. The van der Waals surface area contributed by atoms with Crippen LogP contribution in [0, 0.1) is 11.3 Å². The highest BCUT2D eigenvalue weighted by atomic mass is 15.1. The van der Waals surface area contributed by atoms with E-state index in [0.29, 0.717) is 11.8 Å². The third-order valence-electron chi connectivity index (χ3n) is 7.43. The quantitative estimate of drug-likeness (QED) is 0.420. The van der Waals surface area contributed by atoms with Crippen molar-refractivity contribution in [2.24, 2.45) is 11.7 Å². The van der Waals surface area contributed by atoms with Crippen molar-refractivity contribution < 1.29 is 0 Å². The summed E-state index contributed by atoms with van der Waals surface area (Å²) < 4.78 is 0. The van der Waals surface area contributed by atoms with Crippen LogP contribution in [0.3, 0.4) is 0 Å². The van der Waals surface area contributed by atoms with E-state index in [1.54, 1.807) is 0 Å². The van der Waals surface area contributed by atoms with Crippen molar-refractivity contribution in [3.63, 3.8) is 0 Å². The highest BCUT2D eigenvalue weighted by molar-refractivity contribution is 5.95. The number of rotatable bonds is 3. The summed E-state index contributed by atoms with van der Waals surface area (Å²) in [5.41, 5.74) is 14.6. The van der Waals surface area contributed by atoms with Gasteiger partial charge in [0.1, 0.15) is 5.84 Å². The van der Waals surface area contributed by atoms with Gasteiger partial charge in [-0.15, -0.1) is 0 Å². The summed E-state index contributed by atoms with van der Waals surface area (Å²) >= 11 is 0. The maximum Gasteiger partial charge on any atom is 0.122 e. The topological polar surface area (TPSA) is 65.1 Å². The van der Waals surface area contributed by atoms with Crippen molar-refractivity contribution in [3.8, 4) is 0 Å². The van der Waals surface area contributed by atoms with E-state index in [1.165, 1.54) is 53.9 Å². The van der Waals surface area contributed by atoms with E-state index in [4.69, 9.17) is 11.1 Å². The Labute approximate surface area is 183 Å². The molecule has 4 heteroatoms.